The Morgan fingerprint density at radius 2 is 1.42 bits per heavy atom. The van der Waals surface area contributed by atoms with E-state index in [1.807, 2.05) is 0 Å². The van der Waals surface area contributed by atoms with E-state index >= 15 is 0 Å². The summed E-state index contributed by atoms with van der Waals surface area (Å²) in [6, 6.07) is 9.57. The van der Waals surface area contributed by atoms with Crippen molar-refractivity contribution >= 4 is 34.0 Å². The minimum atomic E-state index is -0.523. The first-order valence-corrected chi connectivity index (χ1v) is 8.43. The van der Waals surface area contributed by atoms with E-state index in [0.29, 0.717) is 16.5 Å². The molecule has 130 valence electrons. The van der Waals surface area contributed by atoms with Gasteiger partial charge in [0.1, 0.15) is 12.2 Å². The molecule has 2 aromatic carbocycles. The predicted octanol–water partition coefficient (Wildman–Crippen LogP) is 1.40. The first-order chi connectivity index (χ1) is 12.6. The second-order valence-corrected chi connectivity index (χ2v) is 7.10. The van der Waals surface area contributed by atoms with Gasteiger partial charge in [-0.05, 0) is 12.1 Å². The van der Waals surface area contributed by atoms with Gasteiger partial charge in [-0.25, -0.2) is 4.90 Å². The Labute approximate surface area is 146 Å². The van der Waals surface area contributed by atoms with Crippen molar-refractivity contribution in [3.63, 3.8) is 0 Å². The Hall–Kier alpha value is -2.84. The fraction of sp³-hybridized carbons (Fsp3) is 0.333. The number of hydrogen-bond acceptors (Lipinski definition) is 6. The molecule has 4 fully saturated rings. The van der Waals surface area contributed by atoms with Crippen LogP contribution in [0, 0.1) is 22.0 Å². The van der Waals surface area contributed by atoms with Crippen LogP contribution >= 0.6 is 0 Å². The van der Waals surface area contributed by atoms with E-state index in [4.69, 9.17) is 9.47 Å². The lowest BCUT2D eigenvalue weighted by molar-refractivity contribution is -0.383. The molecule has 2 amide bonds. The van der Waals surface area contributed by atoms with Crippen molar-refractivity contribution in [3.05, 3.63) is 46.5 Å². The molecule has 4 aliphatic rings. The first-order valence-electron chi connectivity index (χ1n) is 8.43. The lowest BCUT2D eigenvalue weighted by atomic mass is 9.81. The van der Waals surface area contributed by atoms with Crippen LogP contribution in [0.25, 0.3) is 10.8 Å². The average molecular weight is 352 g/mol. The van der Waals surface area contributed by atoms with Crippen LogP contribution in [0.5, 0.6) is 0 Å². The smallest absolute Gasteiger partial charge is 0.277 e. The highest BCUT2D eigenvalue weighted by Gasteiger charge is 2.75. The summed E-state index contributed by atoms with van der Waals surface area (Å²) in [6.07, 6.45) is -0.875. The van der Waals surface area contributed by atoms with Gasteiger partial charge >= 0.3 is 0 Å². The van der Waals surface area contributed by atoms with Crippen LogP contribution in [-0.2, 0) is 19.1 Å². The molecule has 2 aromatic rings. The highest BCUT2D eigenvalue weighted by molar-refractivity contribution is 6.26. The van der Waals surface area contributed by atoms with Gasteiger partial charge in [0.2, 0.25) is 11.8 Å². The molecule has 0 spiro atoms. The van der Waals surface area contributed by atoms with Crippen LogP contribution in [0.4, 0.5) is 11.4 Å². The van der Waals surface area contributed by atoms with Gasteiger partial charge in [-0.1, -0.05) is 18.2 Å². The second kappa shape index (κ2) is 4.46. The number of benzene rings is 2. The zero-order chi connectivity index (χ0) is 17.7. The highest BCUT2D eigenvalue weighted by atomic mass is 16.7. The third kappa shape index (κ3) is 1.52. The third-order valence-electron chi connectivity index (χ3n) is 5.94. The minimum Gasteiger partial charge on any atom is -0.368 e. The van der Waals surface area contributed by atoms with Crippen LogP contribution in [0.15, 0.2) is 36.4 Å². The SMILES string of the molecule is O=C1C2[C@@H](C(=O)N1c1ccc([N+](=O)[O-])c3ccccc13)[C@H]1O[C@@H]2[C@@H]2O[C@@H]21. The molecule has 0 aromatic heterocycles. The summed E-state index contributed by atoms with van der Waals surface area (Å²) in [5, 5.41) is 12.2. The van der Waals surface area contributed by atoms with Gasteiger partial charge in [0.15, 0.2) is 0 Å². The maximum atomic E-state index is 13.0. The Kier molecular flexibility index (Phi) is 2.46. The van der Waals surface area contributed by atoms with Gasteiger partial charge < -0.3 is 9.47 Å². The maximum Gasteiger partial charge on any atom is 0.277 e. The number of fused-ring (bicyclic) bond motifs is 9. The second-order valence-electron chi connectivity index (χ2n) is 7.10. The molecule has 6 rings (SSSR count). The molecule has 4 saturated heterocycles. The number of nitrogens with zero attached hydrogens (tertiary/aromatic N) is 2. The number of non-ortho nitro benzene ring substituents is 1. The molecular weight excluding hydrogens is 340 g/mol. The molecule has 8 nitrogen and oxygen atoms in total. The van der Waals surface area contributed by atoms with Crippen molar-refractivity contribution in [1.29, 1.82) is 0 Å². The van der Waals surface area contributed by atoms with Crippen molar-refractivity contribution in [2.75, 3.05) is 4.90 Å². The Morgan fingerprint density at radius 1 is 0.846 bits per heavy atom. The van der Waals surface area contributed by atoms with E-state index in [2.05, 4.69) is 0 Å². The number of carbonyl (C=O) groups excluding carboxylic acids is 2. The van der Waals surface area contributed by atoms with Gasteiger partial charge in [0.05, 0.1) is 40.0 Å². The molecule has 4 heterocycles. The molecule has 26 heavy (non-hydrogen) atoms. The topological polar surface area (TPSA) is 102 Å². The van der Waals surface area contributed by atoms with E-state index in [-0.39, 0.29) is 41.9 Å². The van der Waals surface area contributed by atoms with E-state index in [1.54, 1.807) is 24.3 Å². The lowest BCUT2D eigenvalue weighted by Gasteiger charge is -2.20. The number of nitro benzene ring substituents is 1. The average Bonchev–Trinajstić information content (AvgIpc) is 3.15. The monoisotopic (exact) mass is 352 g/mol. The fourth-order valence-corrected chi connectivity index (χ4v) is 4.84. The summed E-state index contributed by atoms with van der Waals surface area (Å²) in [7, 11) is 0. The molecular formula is C18H12N2O6. The Balaban J connectivity index is 1.50. The number of imide groups is 1. The van der Waals surface area contributed by atoms with Crippen LogP contribution in [0.1, 0.15) is 0 Å². The number of hydrogen-bond donors (Lipinski definition) is 0. The van der Waals surface area contributed by atoms with E-state index in [0.717, 1.165) is 0 Å². The quantitative estimate of drug-likeness (QED) is 0.350. The molecule has 0 aliphatic carbocycles. The number of amides is 2. The number of rotatable bonds is 2. The number of anilines is 1. The molecule has 0 N–H and O–H groups in total. The van der Waals surface area contributed by atoms with Gasteiger partial charge in [-0.2, -0.15) is 0 Å². The van der Waals surface area contributed by atoms with Crippen molar-refractivity contribution in [2.24, 2.45) is 11.8 Å². The minimum absolute atomic E-state index is 0.0540. The van der Waals surface area contributed by atoms with Crippen molar-refractivity contribution in [3.8, 4) is 0 Å². The molecule has 2 bridgehead atoms. The largest absolute Gasteiger partial charge is 0.368 e. The summed E-state index contributed by atoms with van der Waals surface area (Å²) in [5.41, 5.74) is 0.339. The molecule has 6 atom stereocenters. The fourth-order valence-electron chi connectivity index (χ4n) is 4.84. The highest BCUT2D eigenvalue weighted by Crippen LogP contribution is 2.57. The molecule has 1 unspecified atom stereocenters. The summed E-state index contributed by atoms with van der Waals surface area (Å²) in [5.74, 6) is -1.66. The normalized spacial score (nSPS) is 36.5. The van der Waals surface area contributed by atoms with E-state index in [1.165, 1.54) is 17.0 Å². The van der Waals surface area contributed by atoms with Crippen LogP contribution < -0.4 is 4.90 Å². The number of nitro groups is 1. The van der Waals surface area contributed by atoms with Gasteiger partial charge in [-0.15, -0.1) is 0 Å². The summed E-state index contributed by atoms with van der Waals surface area (Å²) in [4.78, 5) is 38.1. The molecule has 0 saturated carbocycles. The maximum absolute atomic E-state index is 13.0. The molecule has 0 radical (unpaired) electrons. The lowest BCUT2D eigenvalue weighted by Crippen LogP contribution is -2.35. The Morgan fingerprint density at radius 3 is 2.04 bits per heavy atom. The van der Waals surface area contributed by atoms with Crippen molar-refractivity contribution in [1.82, 2.24) is 0 Å². The number of carbonyl (C=O) groups is 2. The predicted molar refractivity (Wildman–Crippen MR) is 87.4 cm³/mol. The zero-order valence-electron chi connectivity index (χ0n) is 13.3. The van der Waals surface area contributed by atoms with Gasteiger partial charge in [-0.3, -0.25) is 19.7 Å². The first kappa shape index (κ1) is 14.3. The molecule has 4 aliphatic heterocycles. The third-order valence-corrected chi connectivity index (χ3v) is 5.94. The molecule has 8 heteroatoms. The Bertz CT molecular complexity index is 1000. The van der Waals surface area contributed by atoms with Crippen LogP contribution in [0.3, 0.4) is 0 Å². The summed E-state index contributed by atoms with van der Waals surface area (Å²) in [6.45, 7) is 0. The zero-order valence-corrected chi connectivity index (χ0v) is 13.3. The van der Waals surface area contributed by atoms with Gasteiger partial charge in [0.25, 0.3) is 5.69 Å². The van der Waals surface area contributed by atoms with Crippen LogP contribution in [0.2, 0.25) is 0 Å². The van der Waals surface area contributed by atoms with E-state index in [9.17, 15) is 19.7 Å². The number of ether oxygens (including phenoxy) is 2. The van der Waals surface area contributed by atoms with Gasteiger partial charge in [0, 0.05) is 11.5 Å². The van der Waals surface area contributed by atoms with E-state index < -0.39 is 16.8 Å². The van der Waals surface area contributed by atoms with Crippen LogP contribution in [-0.4, -0.2) is 41.2 Å². The van der Waals surface area contributed by atoms with Crippen molar-refractivity contribution in [2.45, 2.75) is 24.4 Å². The van der Waals surface area contributed by atoms with Crippen molar-refractivity contribution < 1.29 is 24.0 Å². The summed E-state index contributed by atoms with van der Waals surface area (Å²) >= 11 is 0. The summed E-state index contributed by atoms with van der Waals surface area (Å²) < 4.78 is 11.3. The number of epoxide rings is 1. The standard InChI is InChI=1S/C18H12N2O6/c21-17-11-12(14-16-15(26-16)13(11)25-14)18(22)19(17)9-5-6-10(20(23)24)8-4-2-1-3-7(8)9/h1-6,11-16H/t11-,12?,13-,14+,15-,16+/m1/s1.